The molecule has 0 aliphatic heterocycles. The van der Waals surface area contributed by atoms with Crippen LogP contribution >= 0.6 is 11.3 Å². The first-order valence-electron chi connectivity index (χ1n) is 7.31. The number of thiazole rings is 1. The molecule has 4 aromatic rings. The van der Waals surface area contributed by atoms with E-state index >= 15 is 0 Å². The van der Waals surface area contributed by atoms with Gasteiger partial charge in [-0.1, -0.05) is 41.7 Å². The van der Waals surface area contributed by atoms with Gasteiger partial charge < -0.3 is 4.74 Å². The number of ether oxygens (including phenoxy) is 1. The van der Waals surface area contributed by atoms with Crippen LogP contribution in [0.3, 0.4) is 0 Å². The molecule has 0 bridgehead atoms. The minimum absolute atomic E-state index is 0.196. The van der Waals surface area contributed by atoms with Crippen LogP contribution in [-0.4, -0.2) is 21.1 Å². The minimum atomic E-state index is -0.539. The number of rotatable bonds is 3. The SMILES string of the molecule is COc1ccc2c(c1)sc1nc(=O)n(Cc3ccccc3)c(=O)n12. The highest BCUT2D eigenvalue weighted by molar-refractivity contribution is 7.23. The van der Waals surface area contributed by atoms with Crippen molar-refractivity contribution in [3.05, 3.63) is 75.1 Å². The summed E-state index contributed by atoms with van der Waals surface area (Å²) in [5.41, 5.74) is 0.669. The van der Waals surface area contributed by atoms with Gasteiger partial charge in [-0.25, -0.2) is 18.6 Å². The van der Waals surface area contributed by atoms with Crippen molar-refractivity contribution in [3.63, 3.8) is 0 Å². The van der Waals surface area contributed by atoms with Crippen LogP contribution in [0, 0.1) is 0 Å². The largest absolute Gasteiger partial charge is 0.497 e. The van der Waals surface area contributed by atoms with Gasteiger partial charge in [-0.05, 0) is 23.8 Å². The van der Waals surface area contributed by atoms with Crippen molar-refractivity contribution in [3.8, 4) is 5.75 Å². The van der Waals surface area contributed by atoms with E-state index in [0.717, 1.165) is 20.3 Å². The summed E-state index contributed by atoms with van der Waals surface area (Å²) in [7, 11) is 1.59. The average Bonchev–Trinajstić information content (AvgIpc) is 2.96. The van der Waals surface area contributed by atoms with E-state index in [9.17, 15) is 9.59 Å². The Kier molecular flexibility index (Phi) is 3.42. The van der Waals surface area contributed by atoms with Gasteiger partial charge in [0.05, 0.1) is 23.9 Å². The fraction of sp³-hybridized carbons (Fsp3) is 0.118. The monoisotopic (exact) mass is 339 g/mol. The third kappa shape index (κ3) is 2.30. The van der Waals surface area contributed by atoms with Crippen LogP contribution in [0.2, 0.25) is 0 Å². The van der Waals surface area contributed by atoms with Crippen LogP contribution < -0.4 is 16.1 Å². The summed E-state index contributed by atoms with van der Waals surface area (Å²) in [5, 5.41) is 0. The normalized spacial score (nSPS) is 11.2. The Morgan fingerprint density at radius 1 is 1.12 bits per heavy atom. The Hall–Kier alpha value is -2.93. The zero-order chi connectivity index (χ0) is 16.7. The zero-order valence-corrected chi connectivity index (χ0v) is 13.6. The van der Waals surface area contributed by atoms with Gasteiger partial charge in [0.2, 0.25) is 4.96 Å². The van der Waals surface area contributed by atoms with E-state index in [1.807, 2.05) is 36.4 Å². The maximum Gasteiger partial charge on any atom is 0.354 e. The predicted molar refractivity (Wildman–Crippen MR) is 93.2 cm³/mol. The highest BCUT2D eigenvalue weighted by Gasteiger charge is 2.14. The summed E-state index contributed by atoms with van der Waals surface area (Å²) in [5.74, 6) is 0.696. The molecule has 2 aromatic heterocycles. The second-order valence-electron chi connectivity index (χ2n) is 5.30. The summed E-state index contributed by atoms with van der Waals surface area (Å²) >= 11 is 1.29. The van der Waals surface area contributed by atoms with Crippen molar-refractivity contribution >= 4 is 26.5 Å². The van der Waals surface area contributed by atoms with E-state index in [4.69, 9.17) is 4.74 Å². The Morgan fingerprint density at radius 3 is 2.67 bits per heavy atom. The average molecular weight is 339 g/mol. The van der Waals surface area contributed by atoms with E-state index in [-0.39, 0.29) is 12.2 Å². The summed E-state index contributed by atoms with van der Waals surface area (Å²) in [6.07, 6.45) is 0. The topological polar surface area (TPSA) is 65.6 Å². The number of nitrogens with zero attached hydrogens (tertiary/aromatic N) is 3. The van der Waals surface area contributed by atoms with Gasteiger partial charge in [-0.2, -0.15) is 4.98 Å². The van der Waals surface area contributed by atoms with Gasteiger partial charge in [0.1, 0.15) is 5.75 Å². The van der Waals surface area contributed by atoms with Crippen LogP contribution in [0.25, 0.3) is 15.2 Å². The molecule has 120 valence electrons. The molecule has 0 aliphatic rings. The first-order chi connectivity index (χ1) is 11.7. The molecule has 6 nitrogen and oxygen atoms in total. The van der Waals surface area contributed by atoms with Crippen LogP contribution in [-0.2, 0) is 6.54 Å². The van der Waals surface area contributed by atoms with Crippen molar-refractivity contribution < 1.29 is 4.74 Å². The molecule has 4 rings (SSSR count). The second kappa shape index (κ2) is 5.61. The molecule has 0 aliphatic carbocycles. The highest BCUT2D eigenvalue weighted by Crippen LogP contribution is 2.27. The molecule has 2 aromatic carbocycles. The molecule has 0 fully saturated rings. The lowest BCUT2D eigenvalue weighted by atomic mass is 10.2. The fourth-order valence-corrected chi connectivity index (χ4v) is 3.67. The van der Waals surface area contributed by atoms with Crippen molar-refractivity contribution in [2.24, 2.45) is 0 Å². The Labute approximate surface area is 140 Å². The predicted octanol–water partition coefficient (Wildman–Crippen LogP) is 2.13. The zero-order valence-electron chi connectivity index (χ0n) is 12.8. The molecule has 0 amide bonds. The van der Waals surface area contributed by atoms with Crippen molar-refractivity contribution in [1.29, 1.82) is 0 Å². The first-order valence-corrected chi connectivity index (χ1v) is 8.13. The van der Waals surface area contributed by atoms with Crippen molar-refractivity contribution in [1.82, 2.24) is 14.0 Å². The smallest absolute Gasteiger partial charge is 0.354 e. The van der Waals surface area contributed by atoms with Gasteiger partial charge in [-0.15, -0.1) is 0 Å². The lowest BCUT2D eigenvalue weighted by Crippen LogP contribution is -2.38. The van der Waals surface area contributed by atoms with Crippen LogP contribution in [0.1, 0.15) is 5.56 Å². The molecule has 0 radical (unpaired) electrons. The van der Waals surface area contributed by atoms with Gasteiger partial charge in [0.25, 0.3) is 0 Å². The molecule has 24 heavy (non-hydrogen) atoms. The molecule has 0 N–H and O–H groups in total. The number of methoxy groups -OCH3 is 1. The van der Waals surface area contributed by atoms with Crippen LogP contribution in [0.5, 0.6) is 5.75 Å². The molecule has 0 saturated heterocycles. The first kappa shape index (κ1) is 14.6. The van der Waals surface area contributed by atoms with E-state index in [1.54, 1.807) is 19.2 Å². The van der Waals surface area contributed by atoms with E-state index < -0.39 is 5.69 Å². The lowest BCUT2D eigenvalue weighted by molar-refractivity contribution is 0.415. The molecule has 0 unspecified atom stereocenters. The molecule has 0 spiro atoms. The van der Waals surface area contributed by atoms with Crippen molar-refractivity contribution in [2.45, 2.75) is 6.54 Å². The number of fused-ring (bicyclic) bond motifs is 3. The number of aromatic nitrogens is 3. The number of hydrogen-bond acceptors (Lipinski definition) is 5. The molecular formula is C17H13N3O3S. The maximum absolute atomic E-state index is 12.8. The lowest BCUT2D eigenvalue weighted by Gasteiger charge is -2.05. The van der Waals surface area contributed by atoms with Crippen LogP contribution in [0.4, 0.5) is 0 Å². The highest BCUT2D eigenvalue weighted by atomic mass is 32.1. The molecule has 0 saturated carbocycles. The number of benzene rings is 2. The molecule has 7 heteroatoms. The Balaban J connectivity index is 1.97. The number of hydrogen-bond donors (Lipinski definition) is 0. The summed E-state index contributed by atoms with van der Waals surface area (Å²) < 4.78 is 8.68. The van der Waals surface area contributed by atoms with Gasteiger partial charge in [0.15, 0.2) is 0 Å². The Morgan fingerprint density at radius 2 is 1.92 bits per heavy atom. The van der Waals surface area contributed by atoms with Crippen LogP contribution in [0.15, 0.2) is 58.1 Å². The van der Waals surface area contributed by atoms with Gasteiger partial charge in [0, 0.05) is 0 Å². The summed E-state index contributed by atoms with van der Waals surface area (Å²) in [6, 6.07) is 14.8. The molecule has 2 heterocycles. The fourth-order valence-electron chi connectivity index (χ4n) is 2.64. The third-order valence-electron chi connectivity index (χ3n) is 3.83. The quantitative estimate of drug-likeness (QED) is 0.573. The van der Waals surface area contributed by atoms with E-state index in [1.165, 1.54) is 15.7 Å². The molecular weight excluding hydrogens is 326 g/mol. The Bertz CT molecular complexity index is 1160. The third-order valence-corrected chi connectivity index (χ3v) is 4.83. The van der Waals surface area contributed by atoms with E-state index in [0.29, 0.717) is 10.7 Å². The van der Waals surface area contributed by atoms with Gasteiger partial charge in [-0.3, -0.25) is 0 Å². The van der Waals surface area contributed by atoms with Crippen molar-refractivity contribution in [2.75, 3.05) is 7.11 Å². The minimum Gasteiger partial charge on any atom is -0.497 e. The maximum atomic E-state index is 12.8. The summed E-state index contributed by atoms with van der Waals surface area (Å²) in [6.45, 7) is 0.196. The molecule has 0 atom stereocenters. The second-order valence-corrected chi connectivity index (χ2v) is 6.31. The summed E-state index contributed by atoms with van der Waals surface area (Å²) in [4.78, 5) is 29.6. The standard InChI is InChI=1S/C17H13N3O3S/c1-23-12-7-8-13-14(9-12)24-16-18-15(21)19(17(22)20(13)16)10-11-5-3-2-4-6-11/h2-9H,10H2,1H3. The van der Waals surface area contributed by atoms with E-state index in [2.05, 4.69) is 4.98 Å². The van der Waals surface area contributed by atoms with Gasteiger partial charge >= 0.3 is 11.4 Å².